The van der Waals surface area contributed by atoms with Gasteiger partial charge in [-0.15, -0.1) is 0 Å². The van der Waals surface area contributed by atoms with Gasteiger partial charge in [-0.3, -0.25) is 4.98 Å². The Bertz CT molecular complexity index is 831. The van der Waals surface area contributed by atoms with E-state index in [-0.39, 0.29) is 11.4 Å². The standard InChI is InChI=1S/C14H11F3N6O/c1-8-3-2-4-10(21-8)7-20-13-18-5-9(6-19-13)11-22-12(24-23-11)14(15,16)17/h2-6H,7H2,1H3,(H,18,19,20). The molecule has 0 aliphatic rings. The van der Waals surface area contributed by atoms with E-state index in [1.54, 1.807) is 0 Å². The number of anilines is 1. The SMILES string of the molecule is Cc1cccc(CNc2ncc(-c3noc(C(F)(F)F)n3)cn2)n1. The van der Waals surface area contributed by atoms with Gasteiger partial charge in [0.2, 0.25) is 11.8 Å². The van der Waals surface area contributed by atoms with Crippen LogP contribution in [0.3, 0.4) is 0 Å². The summed E-state index contributed by atoms with van der Waals surface area (Å²) in [7, 11) is 0. The van der Waals surface area contributed by atoms with Crippen molar-refractivity contribution in [2.45, 2.75) is 19.6 Å². The summed E-state index contributed by atoms with van der Waals surface area (Å²) in [6.07, 6.45) is -2.07. The summed E-state index contributed by atoms with van der Waals surface area (Å²) in [6.45, 7) is 2.30. The number of rotatable bonds is 4. The maximum Gasteiger partial charge on any atom is 0.471 e. The van der Waals surface area contributed by atoms with Crippen LogP contribution in [0.25, 0.3) is 11.4 Å². The van der Waals surface area contributed by atoms with Gasteiger partial charge in [-0.1, -0.05) is 11.2 Å². The average Bonchev–Trinajstić information content (AvgIpc) is 3.04. The van der Waals surface area contributed by atoms with Gasteiger partial charge in [0.15, 0.2) is 0 Å². The number of nitrogens with zero attached hydrogens (tertiary/aromatic N) is 5. The minimum Gasteiger partial charge on any atom is -0.349 e. The van der Waals surface area contributed by atoms with E-state index in [0.717, 1.165) is 11.4 Å². The summed E-state index contributed by atoms with van der Waals surface area (Å²) in [5.74, 6) is -1.33. The lowest BCUT2D eigenvalue weighted by Crippen LogP contribution is -2.06. The highest BCUT2D eigenvalue weighted by Crippen LogP contribution is 2.29. The molecule has 10 heteroatoms. The molecule has 0 atom stereocenters. The Hall–Kier alpha value is -3.04. The van der Waals surface area contributed by atoms with Gasteiger partial charge in [0, 0.05) is 18.1 Å². The van der Waals surface area contributed by atoms with Crippen LogP contribution in [0, 0.1) is 6.92 Å². The summed E-state index contributed by atoms with van der Waals surface area (Å²) in [5.41, 5.74) is 1.92. The van der Waals surface area contributed by atoms with Crippen molar-refractivity contribution in [2.75, 3.05) is 5.32 Å². The normalized spacial score (nSPS) is 11.5. The van der Waals surface area contributed by atoms with Gasteiger partial charge in [0.25, 0.3) is 0 Å². The molecule has 3 aromatic heterocycles. The molecule has 3 rings (SSSR count). The lowest BCUT2D eigenvalue weighted by molar-refractivity contribution is -0.159. The van der Waals surface area contributed by atoms with Crippen molar-refractivity contribution < 1.29 is 17.7 Å². The minimum atomic E-state index is -4.69. The van der Waals surface area contributed by atoms with Crippen molar-refractivity contribution in [3.8, 4) is 11.4 Å². The van der Waals surface area contributed by atoms with Gasteiger partial charge in [0.1, 0.15) is 0 Å². The first-order chi connectivity index (χ1) is 11.4. The number of halogens is 3. The fraction of sp³-hybridized carbons (Fsp3) is 0.214. The maximum atomic E-state index is 12.4. The second kappa shape index (κ2) is 6.22. The predicted molar refractivity (Wildman–Crippen MR) is 76.6 cm³/mol. The smallest absolute Gasteiger partial charge is 0.349 e. The van der Waals surface area contributed by atoms with Crippen LogP contribution in [0.1, 0.15) is 17.3 Å². The van der Waals surface area contributed by atoms with Crippen molar-refractivity contribution in [1.29, 1.82) is 0 Å². The molecule has 0 fully saturated rings. The first kappa shape index (κ1) is 15.8. The first-order valence-corrected chi connectivity index (χ1v) is 6.81. The summed E-state index contributed by atoms with van der Waals surface area (Å²) in [6, 6.07) is 5.62. The Labute approximate surface area is 134 Å². The number of alkyl halides is 3. The van der Waals surface area contributed by atoms with Gasteiger partial charge in [0.05, 0.1) is 17.8 Å². The molecule has 0 aromatic carbocycles. The maximum absolute atomic E-state index is 12.4. The monoisotopic (exact) mass is 336 g/mol. The van der Waals surface area contributed by atoms with Gasteiger partial charge < -0.3 is 9.84 Å². The Balaban J connectivity index is 1.68. The number of pyridine rings is 1. The fourth-order valence-corrected chi connectivity index (χ4v) is 1.86. The summed E-state index contributed by atoms with van der Waals surface area (Å²) >= 11 is 0. The van der Waals surface area contributed by atoms with E-state index in [0.29, 0.717) is 12.5 Å². The topological polar surface area (TPSA) is 89.6 Å². The minimum absolute atomic E-state index is 0.216. The van der Waals surface area contributed by atoms with Crippen LogP contribution in [0.5, 0.6) is 0 Å². The third kappa shape index (κ3) is 3.65. The highest BCUT2D eigenvalue weighted by molar-refractivity contribution is 5.52. The third-order valence-electron chi connectivity index (χ3n) is 2.95. The quantitative estimate of drug-likeness (QED) is 0.783. The highest BCUT2D eigenvalue weighted by atomic mass is 19.4. The molecule has 0 radical (unpaired) electrons. The molecule has 124 valence electrons. The number of nitrogens with one attached hydrogen (secondary N) is 1. The van der Waals surface area contributed by atoms with Crippen LogP contribution >= 0.6 is 0 Å². The molecular weight excluding hydrogens is 325 g/mol. The largest absolute Gasteiger partial charge is 0.471 e. The number of aromatic nitrogens is 5. The van der Waals surface area contributed by atoms with Gasteiger partial charge >= 0.3 is 12.1 Å². The van der Waals surface area contributed by atoms with Gasteiger partial charge in [-0.2, -0.15) is 18.2 Å². The molecule has 0 saturated carbocycles. The highest BCUT2D eigenvalue weighted by Gasteiger charge is 2.38. The van der Waals surface area contributed by atoms with Crippen LogP contribution in [0.2, 0.25) is 0 Å². The molecule has 0 aliphatic carbocycles. The number of hydrogen-bond donors (Lipinski definition) is 1. The van der Waals surface area contributed by atoms with E-state index < -0.39 is 12.1 Å². The number of hydrogen-bond acceptors (Lipinski definition) is 7. The molecule has 3 aromatic rings. The first-order valence-electron chi connectivity index (χ1n) is 6.81. The predicted octanol–water partition coefficient (Wildman–Crippen LogP) is 2.86. The van der Waals surface area contributed by atoms with E-state index in [1.807, 2.05) is 25.1 Å². The second-order valence-electron chi connectivity index (χ2n) is 4.84. The molecule has 0 spiro atoms. The lowest BCUT2D eigenvalue weighted by Gasteiger charge is -2.05. The lowest BCUT2D eigenvalue weighted by atomic mass is 10.3. The Morgan fingerprint density at radius 2 is 1.88 bits per heavy atom. The van der Waals surface area contributed by atoms with Gasteiger partial charge in [-0.05, 0) is 19.1 Å². The molecule has 0 amide bonds. The Kier molecular flexibility index (Phi) is 4.11. The summed E-state index contributed by atoms with van der Waals surface area (Å²) in [4.78, 5) is 15.6. The molecule has 0 aliphatic heterocycles. The van der Waals surface area contributed by atoms with Crippen molar-refractivity contribution >= 4 is 5.95 Å². The van der Waals surface area contributed by atoms with E-state index in [4.69, 9.17) is 0 Å². The van der Waals surface area contributed by atoms with E-state index in [9.17, 15) is 13.2 Å². The molecule has 0 saturated heterocycles. The van der Waals surface area contributed by atoms with Crippen molar-refractivity contribution in [3.05, 3.63) is 47.9 Å². The van der Waals surface area contributed by atoms with Crippen molar-refractivity contribution in [3.63, 3.8) is 0 Å². The summed E-state index contributed by atoms with van der Waals surface area (Å²) < 4.78 is 41.4. The molecule has 0 unspecified atom stereocenters. The van der Waals surface area contributed by atoms with E-state index in [2.05, 4.69) is 34.9 Å². The van der Waals surface area contributed by atoms with E-state index >= 15 is 0 Å². The fourth-order valence-electron chi connectivity index (χ4n) is 1.86. The van der Waals surface area contributed by atoms with Crippen LogP contribution < -0.4 is 5.32 Å². The van der Waals surface area contributed by atoms with Crippen LogP contribution in [0.15, 0.2) is 35.1 Å². The third-order valence-corrected chi connectivity index (χ3v) is 2.95. The zero-order valence-electron chi connectivity index (χ0n) is 12.4. The van der Waals surface area contributed by atoms with Crippen molar-refractivity contribution in [2.24, 2.45) is 0 Å². The Morgan fingerprint density at radius 1 is 1.12 bits per heavy atom. The second-order valence-corrected chi connectivity index (χ2v) is 4.84. The van der Waals surface area contributed by atoms with Crippen LogP contribution in [-0.4, -0.2) is 25.1 Å². The van der Waals surface area contributed by atoms with Crippen LogP contribution in [-0.2, 0) is 12.7 Å². The zero-order valence-corrected chi connectivity index (χ0v) is 12.4. The number of aryl methyl sites for hydroxylation is 1. The molecule has 7 nitrogen and oxygen atoms in total. The van der Waals surface area contributed by atoms with E-state index in [1.165, 1.54) is 12.4 Å². The van der Waals surface area contributed by atoms with Gasteiger partial charge in [-0.25, -0.2) is 9.97 Å². The summed E-state index contributed by atoms with van der Waals surface area (Å²) in [5, 5.41) is 6.24. The molecule has 3 heterocycles. The average molecular weight is 336 g/mol. The molecule has 0 bridgehead atoms. The van der Waals surface area contributed by atoms with Crippen molar-refractivity contribution in [1.82, 2.24) is 25.1 Å². The Morgan fingerprint density at radius 3 is 2.50 bits per heavy atom. The molecule has 24 heavy (non-hydrogen) atoms. The zero-order chi connectivity index (χ0) is 17.2. The molecule has 1 N–H and O–H groups in total. The molecular formula is C14H11F3N6O. The van der Waals surface area contributed by atoms with Crippen LogP contribution in [0.4, 0.5) is 19.1 Å².